The molecule has 2 aromatic heterocycles. The van der Waals surface area contributed by atoms with Crippen LogP contribution in [-0.2, 0) is 4.74 Å². The molecule has 4 aromatic rings. The van der Waals surface area contributed by atoms with Crippen molar-refractivity contribution in [2.24, 2.45) is 0 Å². The van der Waals surface area contributed by atoms with Crippen LogP contribution in [0.4, 0.5) is 26.8 Å². The van der Waals surface area contributed by atoms with E-state index in [0.717, 1.165) is 10.4 Å². The molecular weight excluding hydrogens is 448 g/mol. The average Bonchev–Trinajstić information content (AvgIpc) is 3.45. The first-order chi connectivity index (χ1) is 16.5. The number of aromatic nitrogens is 4. The topological polar surface area (TPSA) is 128 Å². The number of benzene rings is 2. The number of hydrogen-bond donors (Lipinski definition) is 2. The number of amides is 1. The second kappa shape index (κ2) is 8.98. The predicted molar refractivity (Wildman–Crippen MR) is 132 cm³/mol. The Morgan fingerprint density at radius 3 is 2.37 bits per heavy atom. The largest absolute Gasteiger partial charge is 0.463 e. The van der Waals surface area contributed by atoms with Crippen LogP contribution in [-0.4, -0.2) is 42.5 Å². The highest BCUT2D eigenvalue weighted by molar-refractivity contribution is 5.97. The van der Waals surface area contributed by atoms with Gasteiger partial charge in [0.05, 0.1) is 17.1 Å². The average molecular weight is 475 g/mol. The van der Waals surface area contributed by atoms with Gasteiger partial charge in [0, 0.05) is 29.7 Å². The third-order valence-electron chi connectivity index (χ3n) is 5.08. The Morgan fingerprint density at radius 2 is 1.80 bits per heavy atom. The first-order valence-corrected chi connectivity index (χ1v) is 10.9. The van der Waals surface area contributed by atoms with E-state index >= 15 is 0 Å². The maximum absolute atomic E-state index is 13.3. The number of carboxylic acid groups (broad SMARTS) is 1. The van der Waals surface area contributed by atoms with Crippen molar-refractivity contribution in [3.63, 3.8) is 0 Å². The lowest BCUT2D eigenvalue weighted by Crippen LogP contribution is -2.34. The lowest BCUT2D eigenvalue weighted by molar-refractivity contribution is 0.0597. The monoisotopic (exact) mass is 474 g/mol. The van der Waals surface area contributed by atoms with Gasteiger partial charge in [-0.2, -0.15) is 9.78 Å². The summed E-state index contributed by atoms with van der Waals surface area (Å²) in [5, 5.41) is 18.3. The molecule has 0 spiro atoms. The van der Waals surface area contributed by atoms with E-state index in [1.165, 1.54) is 11.0 Å². The minimum absolute atomic E-state index is 0.0978. The number of hydrogen-bond acceptors (Lipinski definition) is 6. The van der Waals surface area contributed by atoms with Crippen molar-refractivity contribution in [3.8, 4) is 16.9 Å². The third kappa shape index (κ3) is 5.01. The second-order valence-corrected chi connectivity index (χ2v) is 8.94. The van der Waals surface area contributed by atoms with Gasteiger partial charge in [0.2, 0.25) is 0 Å². The van der Waals surface area contributed by atoms with Crippen LogP contribution >= 0.6 is 0 Å². The molecule has 1 amide bonds. The Hall–Kier alpha value is -4.60. The highest BCUT2D eigenvalue weighted by atomic mass is 16.6. The minimum Gasteiger partial charge on any atom is -0.463 e. The number of anilines is 3. The molecule has 0 unspecified atom stereocenters. The standard InChI is InChI=1S/C25H26N6O4/c1-16-14-18(26)8-11-20(16)30(24(34)35-25(2,3)4)22-15-21(31(28-22)23(32)33)17-6-9-19(10-7-17)29-13-5-12-27-29/h5-15H,26H2,1-4H3,(H,32,33). The normalized spacial score (nSPS) is 11.3. The minimum atomic E-state index is -1.29. The first-order valence-electron chi connectivity index (χ1n) is 10.9. The number of nitrogens with two attached hydrogens (primary N) is 1. The van der Waals surface area contributed by atoms with E-state index in [1.54, 1.807) is 68.9 Å². The number of rotatable bonds is 4. The van der Waals surface area contributed by atoms with Gasteiger partial charge in [-0.25, -0.2) is 19.2 Å². The molecule has 0 atom stereocenters. The van der Waals surface area contributed by atoms with Crippen LogP contribution in [0.3, 0.4) is 0 Å². The summed E-state index contributed by atoms with van der Waals surface area (Å²) in [6.07, 6.45) is 1.49. The van der Waals surface area contributed by atoms with E-state index in [2.05, 4.69) is 10.2 Å². The van der Waals surface area contributed by atoms with Gasteiger partial charge >= 0.3 is 12.2 Å². The van der Waals surface area contributed by atoms with Gasteiger partial charge in [0.1, 0.15) is 5.60 Å². The van der Waals surface area contributed by atoms with Crippen LogP contribution in [0, 0.1) is 6.92 Å². The summed E-state index contributed by atoms with van der Waals surface area (Å²) >= 11 is 0. The summed E-state index contributed by atoms with van der Waals surface area (Å²) in [7, 11) is 0. The van der Waals surface area contributed by atoms with Crippen LogP contribution in [0.5, 0.6) is 0 Å². The number of carbonyl (C=O) groups is 2. The molecule has 0 saturated heterocycles. The van der Waals surface area contributed by atoms with Crippen LogP contribution in [0.15, 0.2) is 67.0 Å². The number of aryl methyl sites for hydroxylation is 1. The summed E-state index contributed by atoms with van der Waals surface area (Å²) in [5.74, 6) is 0.0978. The van der Waals surface area contributed by atoms with Crippen LogP contribution in [0.2, 0.25) is 0 Å². The van der Waals surface area contributed by atoms with Gasteiger partial charge in [-0.3, -0.25) is 0 Å². The van der Waals surface area contributed by atoms with E-state index in [4.69, 9.17) is 10.5 Å². The molecule has 0 aliphatic carbocycles. The molecule has 10 heteroatoms. The third-order valence-corrected chi connectivity index (χ3v) is 5.08. The van der Waals surface area contributed by atoms with Crippen molar-refractivity contribution in [2.45, 2.75) is 33.3 Å². The molecule has 0 fully saturated rings. The van der Waals surface area contributed by atoms with Gasteiger partial charge in [0.25, 0.3) is 0 Å². The quantitative estimate of drug-likeness (QED) is 0.388. The van der Waals surface area contributed by atoms with Gasteiger partial charge < -0.3 is 15.6 Å². The zero-order valence-corrected chi connectivity index (χ0v) is 19.8. The fourth-order valence-corrected chi connectivity index (χ4v) is 3.59. The Morgan fingerprint density at radius 1 is 1.09 bits per heavy atom. The van der Waals surface area contributed by atoms with Crippen LogP contribution < -0.4 is 10.6 Å². The zero-order chi connectivity index (χ0) is 25.3. The smallest absolute Gasteiger partial charge is 0.432 e. The molecular formula is C25H26N6O4. The van der Waals surface area contributed by atoms with Gasteiger partial charge in [-0.05, 0) is 69.7 Å². The van der Waals surface area contributed by atoms with Crippen molar-refractivity contribution in [2.75, 3.05) is 10.6 Å². The maximum Gasteiger partial charge on any atom is 0.432 e. The van der Waals surface area contributed by atoms with E-state index < -0.39 is 17.8 Å². The summed E-state index contributed by atoms with van der Waals surface area (Å²) in [4.78, 5) is 26.6. The summed E-state index contributed by atoms with van der Waals surface area (Å²) < 4.78 is 8.14. The van der Waals surface area contributed by atoms with Crippen molar-refractivity contribution < 1.29 is 19.4 Å². The Balaban J connectivity index is 1.82. The van der Waals surface area contributed by atoms with Crippen LogP contribution in [0.25, 0.3) is 16.9 Å². The summed E-state index contributed by atoms with van der Waals surface area (Å²) in [5.41, 5.74) is 8.53. The Kier molecular flexibility index (Phi) is 6.04. The molecule has 35 heavy (non-hydrogen) atoms. The Bertz CT molecular complexity index is 1370. The van der Waals surface area contributed by atoms with Crippen molar-refractivity contribution in [1.82, 2.24) is 19.6 Å². The lowest BCUT2D eigenvalue weighted by Gasteiger charge is -2.27. The van der Waals surface area contributed by atoms with Crippen molar-refractivity contribution in [1.29, 1.82) is 0 Å². The fourth-order valence-electron chi connectivity index (χ4n) is 3.59. The number of carbonyl (C=O) groups excluding carboxylic acids is 1. The summed E-state index contributed by atoms with van der Waals surface area (Å²) in [6.45, 7) is 7.05. The van der Waals surface area contributed by atoms with Crippen molar-refractivity contribution >= 4 is 29.4 Å². The fraction of sp³-hybridized carbons (Fsp3) is 0.200. The lowest BCUT2D eigenvalue weighted by atomic mass is 10.1. The van der Waals surface area contributed by atoms with E-state index in [0.29, 0.717) is 28.2 Å². The molecule has 2 aromatic carbocycles. The molecule has 0 bridgehead atoms. The summed E-state index contributed by atoms with van der Waals surface area (Å²) in [6, 6.07) is 15.6. The molecule has 180 valence electrons. The predicted octanol–water partition coefficient (Wildman–Crippen LogP) is 5.23. The highest BCUT2D eigenvalue weighted by Gasteiger charge is 2.29. The van der Waals surface area contributed by atoms with E-state index in [1.807, 2.05) is 24.4 Å². The van der Waals surface area contributed by atoms with E-state index in [-0.39, 0.29) is 5.82 Å². The highest BCUT2D eigenvalue weighted by Crippen LogP contribution is 2.34. The first kappa shape index (κ1) is 23.6. The van der Waals surface area contributed by atoms with E-state index in [9.17, 15) is 14.7 Å². The number of nitrogens with zero attached hydrogens (tertiary/aromatic N) is 5. The molecule has 3 N–H and O–H groups in total. The van der Waals surface area contributed by atoms with Crippen molar-refractivity contribution in [3.05, 3.63) is 72.6 Å². The zero-order valence-electron chi connectivity index (χ0n) is 19.8. The second-order valence-electron chi connectivity index (χ2n) is 8.94. The van der Waals surface area contributed by atoms with Crippen LogP contribution in [0.1, 0.15) is 26.3 Å². The molecule has 2 heterocycles. The molecule has 0 radical (unpaired) electrons. The Labute approximate surface area is 202 Å². The molecule has 10 nitrogen and oxygen atoms in total. The molecule has 0 saturated carbocycles. The maximum atomic E-state index is 13.3. The van der Waals surface area contributed by atoms with Gasteiger partial charge in [-0.1, -0.05) is 12.1 Å². The molecule has 4 rings (SSSR count). The molecule has 0 aliphatic heterocycles. The van der Waals surface area contributed by atoms with Gasteiger partial charge in [0.15, 0.2) is 5.82 Å². The molecule has 0 aliphatic rings. The number of nitrogen functional groups attached to an aromatic ring is 1. The van der Waals surface area contributed by atoms with Gasteiger partial charge in [-0.15, -0.1) is 5.10 Å². The SMILES string of the molecule is Cc1cc(N)ccc1N(C(=O)OC(C)(C)C)c1cc(-c2ccc(-n3cccn3)cc2)n(C(=O)O)n1. The number of ether oxygens (including phenoxy) is 1.